The first kappa shape index (κ1) is 60.8. The zero-order valence-corrected chi connectivity index (χ0v) is 52.9. The maximum atomic E-state index is 6.10. The van der Waals surface area contributed by atoms with Gasteiger partial charge in [-0.05, 0) is 152 Å². The van der Waals surface area contributed by atoms with Gasteiger partial charge in [-0.3, -0.25) is 0 Å². The van der Waals surface area contributed by atoms with Crippen LogP contribution in [0.3, 0.4) is 0 Å². The third-order valence-electron chi connectivity index (χ3n) is 17.2. The quantitative estimate of drug-likeness (QED) is 0.0575. The van der Waals surface area contributed by atoms with Gasteiger partial charge in [0, 0.05) is 28.4 Å². The van der Waals surface area contributed by atoms with E-state index in [1.165, 1.54) is 0 Å². The van der Waals surface area contributed by atoms with Crippen LogP contribution in [0.15, 0.2) is 291 Å². The van der Waals surface area contributed by atoms with E-state index < -0.39 is 6.15 Å². The number of rotatable bonds is 23. The van der Waals surface area contributed by atoms with E-state index in [1.807, 2.05) is 121 Å². The summed E-state index contributed by atoms with van der Waals surface area (Å²) in [5.74, 6) is 5.00. The minimum atomic E-state index is -2.17. The molecule has 0 aromatic heterocycles. The molecular formula is C80H72BN4O7-. The van der Waals surface area contributed by atoms with Crippen LogP contribution in [0.2, 0.25) is 0 Å². The standard InChI is InChI=1S/C80H72BN4O7/c1-57-25-9-10-26-66(57)82(67-27-11-18-34-74(67)86-2)62-49-41-58(42-50-62)81(59-43-51-63(52-44-59)83(68-28-12-19-35-75(68)87-3)69-29-13-20-36-76(69)88-4,60-45-53-64(54-46-60)84(70-30-14-21-37-77(70)89-5)71-31-15-22-38-78(71)90-6)61-47-55-65(56-48-61)85(72-32-16-23-39-79(72)91-7)73-33-17-24-40-80(73)92-8/h9-56H,1-8H3/q-1. The van der Waals surface area contributed by atoms with E-state index >= 15 is 0 Å². The van der Waals surface area contributed by atoms with Gasteiger partial charge in [-0.2, -0.15) is 21.9 Å². The van der Waals surface area contributed by atoms with Crippen LogP contribution in [0, 0.1) is 6.92 Å². The highest BCUT2D eigenvalue weighted by molar-refractivity contribution is 7.20. The highest BCUT2D eigenvalue weighted by Crippen LogP contribution is 2.48. The van der Waals surface area contributed by atoms with Crippen molar-refractivity contribution in [3.05, 3.63) is 297 Å². The van der Waals surface area contributed by atoms with Crippen LogP contribution >= 0.6 is 0 Å². The predicted octanol–water partition coefficient (Wildman–Crippen LogP) is 17.3. The number of ether oxygens (including phenoxy) is 7. The Morgan fingerprint density at radius 1 is 0.196 bits per heavy atom. The Balaban J connectivity index is 1.14. The topological polar surface area (TPSA) is 77.6 Å². The molecule has 0 aliphatic heterocycles. The Labute approximate surface area is 539 Å². The van der Waals surface area contributed by atoms with Crippen molar-refractivity contribution in [2.24, 2.45) is 0 Å². The normalized spacial score (nSPS) is 11.0. The Hall–Kier alpha value is -11.5. The number of hydrogen-bond acceptors (Lipinski definition) is 11. The third-order valence-corrected chi connectivity index (χ3v) is 17.2. The SMILES string of the molecule is COc1ccccc1N(c1ccc([B-](c2ccc(N(c3ccccc3OC)c3ccccc3OC)cc2)(c2ccc(N(c3ccccc3OC)c3ccccc3OC)cc2)c2ccc(N(c3ccccc3OC)c3ccccc3OC)cc2)cc1)c1ccccc1C. The molecule has 0 saturated heterocycles. The van der Waals surface area contributed by atoms with E-state index in [0.717, 1.165) is 101 Å². The number of para-hydroxylation sites is 15. The van der Waals surface area contributed by atoms with Crippen molar-refractivity contribution in [1.82, 2.24) is 0 Å². The molecule has 0 radical (unpaired) electrons. The summed E-state index contributed by atoms with van der Waals surface area (Å²) in [5.41, 5.74) is 16.0. The fourth-order valence-electron chi connectivity index (χ4n) is 13.0. The van der Waals surface area contributed by atoms with E-state index in [-0.39, 0.29) is 0 Å². The van der Waals surface area contributed by atoms with Crippen molar-refractivity contribution in [3.63, 3.8) is 0 Å². The molecule has 0 fully saturated rings. The molecule has 458 valence electrons. The summed E-state index contributed by atoms with van der Waals surface area (Å²) < 4.78 is 42.6. The van der Waals surface area contributed by atoms with E-state index in [9.17, 15) is 0 Å². The lowest BCUT2D eigenvalue weighted by atomic mass is 9.13. The van der Waals surface area contributed by atoms with Crippen molar-refractivity contribution in [1.29, 1.82) is 0 Å². The minimum absolute atomic E-state index is 0.708. The van der Waals surface area contributed by atoms with Crippen LogP contribution in [0.5, 0.6) is 40.2 Å². The molecule has 0 amide bonds. The second kappa shape index (κ2) is 27.5. The van der Waals surface area contributed by atoms with E-state index in [0.29, 0.717) is 34.5 Å². The summed E-state index contributed by atoms with van der Waals surface area (Å²) in [6, 6.07) is 101. The second-order valence-corrected chi connectivity index (χ2v) is 22.1. The molecule has 12 aromatic carbocycles. The van der Waals surface area contributed by atoms with Gasteiger partial charge in [0.2, 0.25) is 0 Å². The third kappa shape index (κ3) is 11.5. The molecule has 0 spiro atoms. The summed E-state index contributed by atoms with van der Waals surface area (Å²) in [4.78, 5) is 8.87. The maximum Gasteiger partial charge on any atom is 0.142 e. The second-order valence-electron chi connectivity index (χ2n) is 22.1. The highest BCUT2D eigenvalue weighted by Gasteiger charge is 2.34. The van der Waals surface area contributed by atoms with Crippen LogP contribution in [0.4, 0.5) is 68.2 Å². The first-order chi connectivity index (χ1) is 45.3. The molecule has 12 heteroatoms. The summed E-state index contributed by atoms with van der Waals surface area (Å²) in [6.07, 6.45) is -2.17. The molecule has 11 nitrogen and oxygen atoms in total. The molecule has 12 rings (SSSR count). The fourth-order valence-corrected chi connectivity index (χ4v) is 13.0. The van der Waals surface area contributed by atoms with Gasteiger partial charge in [0.1, 0.15) is 46.4 Å². The molecule has 0 atom stereocenters. The smallest absolute Gasteiger partial charge is 0.142 e. The maximum absolute atomic E-state index is 6.10. The molecule has 92 heavy (non-hydrogen) atoms. The Bertz CT molecular complexity index is 3990. The average molecular weight is 1210 g/mol. The van der Waals surface area contributed by atoms with Gasteiger partial charge in [0.05, 0.1) is 89.6 Å². The summed E-state index contributed by atoms with van der Waals surface area (Å²) in [6.45, 7) is 2.14. The zero-order chi connectivity index (χ0) is 63.6. The first-order valence-electron chi connectivity index (χ1n) is 30.5. The number of nitrogens with zero attached hydrogens (tertiary/aromatic N) is 4. The molecule has 0 unspecified atom stereocenters. The van der Waals surface area contributed by atoms with E-state index in [1.54, 1.807) is 49.8 Å². The molecule has 0 heterocycles. The van der Waals surface area contributed by atoms with Gasteiger partial charge >= 0.3 is 0 Å². The molecule has 0 saturated carbocycles. The molecule has 0 aliphatic rings. The largest absolute Gasteiger partial charge is 0.495 e. The zero-order valence-electron chi connectivity index (χ0n) is 52.9. The van der Waals surface area contributed by atoms with Crippen LogP contribution in [0.1, 0.15) is 5.56 Å². The Kier molecular flexibility index (Phi) is 18.2. The summed E-state index contributed by atoms with van der Waals surface area (Å²) in [5, 5.41) is 0. The lowest BCUT2D eigenvalue weighted by Gasteiger charge is -2.45. The van der Waals surface area contributed by atoms with Gasteiger partial charge in [-0.1, -0.05) is 152 Å². The summed E-state index contributed by atoms with van der Waals surface area (Å²) in [7, 11) is 11.9. The molecule has 0 aliphatic carbocycles. The number of hydrogen-bond donors (Lipinski definition) is 0. The highest BCUT2D eigenvalue weighted by atomic mass is 16.5. The number of aryl methyl sites for hydroxylation is 1. The van der Waals surface area contributed by atoms with Crippen molar-refractivity contribution < 1.29 is 33.2 Å². The monoisotopic (exact) mass is 1210 g/mol. The van der Waals surface area contributed by atoms with Gasteiger partial charge in [-0.15, -0.1) is 0 Å². The number of benzene rings is 12. The number of methoxy groups -OCH3 is 7. The van der Waals surface area contributed by atoms with Crippen molar-refractivity contribution in [2.45, 2.75) is 6.92 Å². The Morgan fingerprint density at radius 3 is 0.543 bits per heavy atom. The summed E-state index contributed by atoms with van der Waals surface area (Å²) >= 11 is 0. The molecule has 12 aromatic rings. The van der Waals surface area contributed by atoms with Gasteiger partial charge < -0.3 is 52.8 Å². The predicted molar refractivity (Wildman–Crippen MR) is 379 cm³/mol. The van der Waals surface area contributed by atoms with Crippen LogP contribution in [-0.4, -0.2) is 55.9 Å². The molecular weight excluding hydrogens is 1140 g/mol. The van der Waals surface area contributed by atoms with Crippen molar-refractivity contribution in [3.8, 4) is 40.2 Å². The van der Waals surface area contributed by atoms with E-state index in [2.05, 4.69) is 196 Å². The number of anilines is 12. The van der Waals surface area contributed by atoms with Gasteiger partial charge in [-0.25, -0.2) is 0 Å². The molecule has 0 bridgehead atoms. The first-order valence-corrected chi connectivity index (χ1v) is 30.5. The van der Waals surface area contributed by atoms with Crippen LogP contribution < -0.4 is 74.6 Å². The van der Waals surface area contributed by atoms with Crippen molar-refractivity contribution in [2.75, 3.05) is 69.4 Å². The van der Waals surface area contributed by atoms with Gasteiger partial charge in [0.25, 0.3) is 0 Å². The lowest BCUT2D eigenvalue weighted by Crippen LogP contribution is -2.74. The minimum Gasteiger partial charge on any atom is -0.495 e. The van der Waals surface area contributed by atoms with E-state index in [4.69, 9.17) is 33.2 Å². The lowest BCUT2D eigenvalue weighted by molar-refractivity contribution is 0.412. The fraction of sp³-hybridized carbons (Fsp3) is 0.100. The Morgan fingerprint density at radius 2 is 0.359 bits per heavy atom. The van der Waals surface area contributed by atoms with Gasteiger partial charge in [0.15, 0.2) is 0 Å². The average Bonchev–Trinajstić information content (AvgIpc) is 0.730. The molecule has 0 N–H and O–H groups in total. The van der Waals surface area contributed by atoms with Crippen molar-refractivity contribution >= 4 is 96.2 Å². The van der Waals surface area contributed by atoms with Crippen LogP contribution in [0.25, 0.3) is 0 Å². The van der Waals surface area contributed by atoms with Crippen LogP contribution in [-0.2, 0) is 0 Å².